The van der Waals surface area contributed by atoms with Crippen LogP contribution in [0, 0.1) is 5.92 Å². The summed E-state index contributed by atoms with van der Waals surface area (Å²) in [5.41, 5.74) is 0. The van der Waals surface area contributed by atoms with Crippen LogP contribution in [0.25, 0.3) is 0 Å². The summed E-state index contributed by atoms with van der Waals surface area (Å²) in [6.45, 7) is 5.28. The van der Waals surface area contributed by atoms with E-state index >= 15 is 0 Å². The molecule has 0 spiro atoms. The molecule has 1 unspecified atom stereocenters. The van der Waals surface area contributed by atoms with Crippen LogP contribution in [-0.2, 0) is 15.8 Å². The summed E-state index contributed by atoms with van der Waals surface area (Å²) < 4.78 is 13.1. The lowest BCUT2D eigenvalue weighted by Crippen LogP contribution is -2.20. The summed E-state index contributed by atoms with van der Waals surface area (Å²) in [7, 11) is -1.35. The summed E-state index contributed by atoms with van der Waals surface area (Å²) in [5, 5.41) is 1.48. The van der Waals surface area contributed by atoms with E-state index in [0.29, 0.717) is 5.92 Å². The van der Waals surface area contributed by atoms with Crippen molar-refractivity contribution in [3.63, 3.8) is 0 Å². The Bertz CT molecular complexity index is 187. The van der Waals surface area contributed by atoms with Gasteiger partial charge >= 0.3 is 0 Å². The van der Waals surface area contributed by atoms with Gasteiger partial charge in [0.05, 0.1) is 0 Å². The zero-order chi connectivity index (χ0) is 8.85. The summed E-state index contributed by atoms with van der Waals surface area (Å²) in [5.74, 6) is 0.0736. The predicted octanol–water partition coefficient (Wildman–Crippen LogP) is 0.956. The van der Waals surface area contributed by atoms with Crippen molar-refractivity contribution in [1.82, 2.24) is 4.72 Å². The normalized spacial score (nSPS) is 13.8. The topological polar surface area (TPSA) is 46.2 Å². The third kappa shape index (κ3) is 7.25. The van der Waals surface area contributed by atoms with Crippen molar-refractivity contribution in [2.75, 3.05) is 0 Å². The second-order valence-electron chi connectivity index (χ2n) is 2.53. The molecule has 0 aromatic heterocycles. The van der Waals surface area contributed by atoms with Crippen molar-refractivity contribution in [2.24, 2.45) is 5.92 Å². The number of carbonyl (C=O) groups is 1. The summed E-state index contributed by atoms with van der Waals surface area (Å²) in [6.07, 6.45) is 1.78. The molecule has 0 radical (unpaired) electrons. The molecule has 0 saturated carbocycles. The van der Waals surface area contributed by atoms with Crippen LogP contribution in [0.15, 0.2) is 11.5 Å². The summed E-state index contributed by atoms with van der Waals surface area (Å²) in [4.78, 5) is 10.4. The van der Waals surface area contributed by atoms with E-state index in [0.717, 1.165) is 0 Å². The molecule has 4 heteroatoms. The molecule has 0 fully saturated rings. The zero-order valence-corrected chi connectivity index (χ0v) is 7.77. The van der Waals surface area contributed by atoms with E-state index in [4.69, 9.17) is 0 Å². The third-order valence-corrected chi connectivity index (χ3v) is 1.72. The minimum absolute atomic E-state index is 0.281. The second kappa shape index (κ2) is 5.07. The Hall–Kier alpha value is -0.640. The first kappa shape index (κ1) is 10.4. The van der Waals surface area contributed by atoms with Gasteiger partial charge < -0.3 is 0 Å². The smallest absolute Gasteiger partial charge is 0.228 e. The molecule has 1 atom stereocenters. The van der Waals surface area contributed by atoms with E-state index in [1.165, 1.54) is 12.3 Å². The highest BCUT2D eigenvalue weighted by molar-refractivity contribution is 7.86. The molecule has 0 bridgehead atoms. The average molecular weight is 175 g/mol. The standard InChI is InChI=1S/C7H13NO2S/c1-6(2)4-5-11(10)8-7(3)9/h4-6H,1-3H3,(H,8,9)/b5-4+. The van der Waals surface area contributed by atoms with E-state index in [9.17, 15) is 9.00 Å². The maximum Gasteiger partial charge on any atom is 0.228 e. The molecule has 0 heterocycles. The Morgan fingerprint density at radius 3 is 2.45 bits per heavy atom. The van der Waals surface area contributed by atoms with E-state index in [1.807, 2.05) is 13.8 Å². The van der Waals surface area contributed by atoms with Crippen LogP contribution in [0.2, 0.25) is 0 Å². The molecule has 0 rings (SSSR count). The van der Waals surface area contributed by atoms with Crippen LogP contribution >= 0.6 is 0 Å². The van der Waals surface area contributed by atoms with Crippen molar-refractivity contribution in [3.05, 3.63) is 11.5 Å². The Labute approximate surface area is 69.5 Å². The van der Waals surface area contributed by atoms with Crippen LogP contribution in [0.3, 0.4) is 0 Å². The molecule has 1 amide bonds. The average Bonchev–Trinajstić information content (AvgIpc) is 1.82. The van der Waals surface area contributed by atoms with Crippen LogP contribution < -0.4 is 4.72 Å². The van der Waals surface area contributed by atoms with Gasteiger partial charge in [-0.2, -0.15) is 0 Å². The van der Waals surface area contributed by atoms with E-state index in [-0.39, 0.29) is 5.91 Å². The fraction of sp³-hybridized carbons (Fsp3) is 0.571. The summed E-state index contributed by atoms with van der Waals surface area (Å²) >= 11 is 0. The predicted molar refractivity (Wildman–Crippen MR) is 45.9 cm³/mol. The van der Waals surface area contributed by atoms with Gasteiger partial charge in [-0.05, 0) is 5.92 Å². The molecule has 0 aliphatic carbocycles. The molecular formula is C7H13NO2S. The van der Waals surface area contributed by atoms with Crippen LogP contribution in [0.1, 0.15) is 20.8 Å². The van der Waals surface area contributed by atoms with Gasteiger partial charge in [-0.15, -0.1) is 0 Å². The molecule has 0 saturated heterocycles. The van der Waals surface area contributed by atoms with Crippen LogP contribution in [0.4, 0.5) is 0 Å². The Kier molecular flexibility index (Phi) is 4.77. The van der Waals surface area contributed by atoms with E-state index < -0.39 is 11.0 Å². The quantitative estimate of drug-likeness (QED) is 0.694. The molecule has 0 aromatic rings. The molecular weight excluding hydrogens is 162 g/mol. The zero-order valence-electron chi connectivity index (χ0n) is 6.96. The van der Waals surface area contributed by atoms with Crippen LogP contribution in [-0.4, -0.2) is 10.1 Å². The maximum atomic E-state index is 10.9. The molecule has 1 N–H and O–H groups in total. The van der Waals surface area contributed by atoms with E-state index in [1.54, 1.807) is 6.08 Å². The second-order valence-corrected chi connectivity index (χ2v) is 3.60. The van der Waals surface area contributed by atoms with Gasteiger partial charge in [0.25, 0.3) is 0 Å². The monoisotopic (exact) mass is 175 g/mol. The number of hydrogen-bond donors (Lipinski definition) is 1. The molecule has 0 aliphatic rings. The Morgan fingerprint density at radius 2 is 2.09 bits per heavy atom. The fourth-order valence-electron chi connectivity index (χ4n) is 0.404. The van der Waals surface area contributed by atoms with Crippen molar-refractivity contribution >= 4 is 16.9 Å². The largest absolute Gasteiger partial charge is 0.274 e. The maximum absolute atomic E-state index is 10.9. The van der Waals surface area contributed by atoms with Gasteiger partial charge in [-0.1, -0.05) is 19.9 Å². The number of rotatable bonds is 3. The van der Waals surface area contributed by atoms with Gasteiger partial charge in [0.15, 0.2) is 0 Å². The number of hydrogen-bond acceptors (Lipinski definition) is 2. The Morgan fingerprint density at radius 1 is 1.55 bits per heavy atom. The molecule has 64 valence electrons. The third-order valence-electron chi connectivity index (χ3n) is 0.831. The number of amides is 1. The van der Waals surface area contributed by atoms with E-state index in [2.05, 4.69) is 4.72 Å². The highest BCUT2D eigenvalue weighted by atomic mass is 32.2. The molecule has 0 aliphatic heterocycles. The minimum Gasteiger partial charge on any atom is -0.274 e. The molecule has 3 nitrogen and oxygen atoms in total. The van der Waals surface area contributed by atoms with Gasteiger partial charge in [0.1, 0.15) is 11.0 Å². The van der Waals surface area contributed by atoms with Gasteiger partial charge in [0.2, 0.25) is 5.91 Å². The summed E-state index contributed by atoms with van der Waals surface area (Å²) in [6, 6.07) is 0. The SMILES string of the molecule is CC(=O)NS(=O)/C=C/C(C)C. The lowest BCUT2D eigenvalue weighted by molar-refractivity contribution is -0.117. The highest BCUT2D eigenvalue weighted by Crippen LogP contribution is 1.93. The first-order valence-corrected chi connectivity index (χ1v) is 4.59. The lowest BCUT2D eigenvalue weighted by atomic mass is 10.2. The molecule has 0 aromatic carbocycles. The van der Waals surface area contributed by atoms with Crippen molar-refractivity contribution in [2.45, 2.75) is 20.8 Å². The van der Waals surface area contributed by atoms with Crippen molar-refractivity contribution in [3.8, 4) is 0 Å². The van der Waals surface area contributed by atoms with Gasteiger partial charge in [-0.25, -0.2) is 4.21 Å². The number of nitrogens with one attached hydrogen (secondary N) is 1. The van der Waals surface area contributed by atoms with Crippen molar-refractivity contribution < 1.29 is 9.00 Å². The minimum atomic E-state index is -1.35. The Balaban J connectivity index is 3.78. The lowest BCUT2D eigenvalue weighted by Gasteiger charge is -1.96. The van der Waals surface area contributed by atoms with Crippen molar-refractivity contribution in [1.29, 1.82) is 0 Å². The fourth-order valence-corrected chi connectivity index (χ4v) is 1.21. The number of carbonyl (C=O) groups excluding carboxylic acids is 1. The first-order chi connectivity index (χ1) is 5.02. The first-order valence-electron chi connectivity index (χ1n) is 3.38. The van der Waals surface area contributed by atoms with Crippen LogP contribution in [0.5, 0.6) is 0 Å². The van der Waals surface area contributed by atoms with Gasteiger partial charge in [0, 0.05) is 12.3 Å². The molecule has 11 heavy (non-hydrogen) atoms. The van der Waals surface area contributed by atoms with Gasteiger partial charge in [-0.3, -0.25) is 9.52 Å². The highest BCUT2D eigenvalue weighted by Gasteiger charge is 1.94. The number of allylic oxidation sites excluding steroid dienone is 1.